The maximum atomic E-state index is 11.6. The number of amides is 1. The normalized spacial score (nSPS) is 9.67. The average Bonchev–Trinajstić information content (AvgIpc) is 2.27. The van der Waals surface area contributed by atoms with Gasteiger partial charge in [-0.05, 0) is 30.6 Å². The van der Waals surface area contributed by atoms with Gasteiger partial charge in [0.1, 0.15) is 0 Å². The maximum Gasteiger partial charge on any atom is 0.251 e. The molecule has 0 spiro atoms. The van der Waals surface area contributed by atoms with E-state index in [0.29, 0.717) is 5.57 Å². The molecule has 0 aliphatic rings. The summed E-state index contributed by atoms with van der Waals surface area (Å²) < 4.78 is 0. The summed E-state index contributed by atoms with van der Waals surface area (Å²) in [6.45, 7) is 3.76. The Morgan fingerprint density at radius 3 is 2.67 bits per heavy atom. The summed E-state index contributed by atoms with van der Waals surface area (Å²) in [5.41, 5.74) is 1.45. The molecule has 0 atom stereocenters. The highest BCUT2D eigenvalue weighted by Gasteiger charge is 2.05. The molecule has 0 aliphatic carbocycles. The number of rotatable bonds is 5. The van der Waals surface area contributed by atoms with E-state index in [1.807, 2.05) is 36.6 Å². The third-order valence-corrected chi connectivity index (χ3v) is 2.57. The summed E-state index contributed by atoms with van der Waals surface area (Å²) in [5.74, 6) is 0.844. The summed E-state index contributed by atoms with van der Waals surface area (Å²) in [7, 11) is 0. The zero-order chi connectivity index (χ0) is 11.1. The van der Waals surface area contributed by atoms with Gasteiger partial charge in [-0.25, -0.2) is 0 Å². The topological polar surface area (TPSA) is 29.1 Å². The number of hydrogen-bond donors (Lipinski definition) is 1. The Labute approximate surface area is 94.8 Å². The predicted octanol–water partition coefficient (Wildman–Crippen LogP) is 2.93. The van der Waals surface area contributed by atoms with Crippen molar-refractivity contribution in [2.75, 3.05) is 17.3 Å². The first kappa shape index (κ1) is 11.9. The number of anilines is 1. The highest BCUT2D eigenvalue weighted by Crippen LogP contribution is 2.10. The Morgan fingerprint density at radius 1 is 1.40 bits per heavy atom. The summed E-state index contributed by atoms with van der Waals surface area (Å²) in [6, 6.07) is 9.41. The lowest BCUT2D eigenvalue weighted by Gasteiger charge is -2.06. The first-order chi connectivity index (χ1) is 7.24. The van der Waals surface area contributed by atoms with Crippen LogP contribution in [0.5, 0.6) is 0 Å². The van der Waals surface area contributed by atoms with Gasteiger partial charge in [-0.1, -0.05) is 24.8 Å². The van der Waals surface area contributed by atoms with Gasteiger partial charge in [-0.2, -0.15) is 11.8 Å². The Hall–Kier alpha value is -1.22. The SMILES string of the molecule is C=C(CCSC)C(=O)Nc1ccccc1. The molecule has 0 saturated heterocycles. The number of hydrogen-bond acceptors (Lipinski definition) is 2. The quantitative estimate of drug-likeness (QED) is 0.775. The van der Waals surface area contributed by atoms with Crippen molar-refractivity contribution in [3.05, 3.63) is 42.5 Å². The van der Waals surface area contributed by atoms with Gasteiger partial charge in [-0.15, -0.1) is 0 Å². The van der Waals surface area contributed by atoms with Gasteiger partial charge in [0, 0.05) is 11.3 Å². The van der Waals surface area contributed by atoms with E-state index in [0.717, 1.165) is 17.9 Å². The third-order valence-electron chi connectivity index (χ3n) is 1.96. The minimum absolute atomic E-state index is 0.0877. The van der Waals surface area contributed by atoms with E-state index >= 15 is 0 Å². The molecule has 1 aromatic carbocycles. The molecule has 0 radical (unpaired) electrons. The molecule has 0 aromatic heterocycles. The van der Waals surface area contributed by atoms with E-state index in [-0.39, 0.29) is 5.91 Å². The lowest BCUT2D eigenvalue weighted by Crippen LogP contribution is -2.14. The number of carbonyl (C=O) groups is 1. The molecule has 1 aromatic rings. The lowest BCUT2D eigenvalue weighted by molar-refractivity contribution is -0.112. The van der Waals surface area contributed by atoms with E-state index in [1.54, 1.807) is 11.8 Å². The zero-order valence-electron chi connectivity index (χ0n) is 8.82. The first-order valence-electron chi connectivity index (χ1n) is 4.77. The second kappa shape index (κ2) is 6.30. The fourth-order valence-corrected chi connectivity index (χ4v) is 1.53. The van der Waals surface area contributed by atoms with Crippen LogP contribution in [0.25, 0.3) is 0 Å². The van der Waals surface area contributed by atoms with Crippen LogP contribution in [0.15, 0.2) is 42.5 Å². The zero-order valence-corrected chi connectivity index (χ0v) is 9.64. The first-order valence-corrected chi connectivity index (χ1v) is 6.16. The Balaban J connectivity index is 2.45. The Bertz CT molecular complexity index is 335. The second-order valence-corrected chi connectivity index (χ2v) is 4.15. The van der Waals surface area contributed by atoms with E-state index in [4.69, 9.17) is 0 Å². The van der Waals surface area contributed by atoms with E-state index in [2.05, 4.69) is 11.9 Å². The third kappa shape index (κ3) is 4.21. The Morgan fingerprint density at radius 2 is 2.07 bits per heavy atom. The van der Waals surface area contributed by atoms with Gasteiger partial charge in [0.2, 0.25) is 0 Å². The summed E-state index contributed by atoms with van der Waals surface area (Å²) in [5, 5.41) is 2.80. The molecule has 1 amide bonds. The molecule has 15 heavy (non-hydrogen) atoms. The van der Waals surface area contributed by atoms with Crippen LogP contribution in [-0.4, -0.2) is 17.9 Å². The van der Waals surface area contributed by atoms with Crippen LogP contribution in [-0.2, 0) is 4.79 Å². The fourth-order valence-electron chi connectivity index (χ4n) is 1.08. The molecule has 0 heterocycles. The fraction of sp³-hybridized carbons (Fsp3) is 0.250. The average molecular weight is 221 g/mol. The molecule has 1 N–H and O–H groups in total. The van der Waals surface area contributed by atoms with Crippen molar-refractivity contribution in [2.24, 2.45) is 0 Å². The van der Waals surface area contributed by atoms with Gasteiger partial charge in [-0.3, -0.25) is 4.79 Å². The van der Waals surface area contributed by atoms with Crippen LogP contribution in [0, 0.1) is 0 Å². The van der Waals surface area contributed by atoms with Crippen LogP contribution in [0.3, 0.4) is 0 Å². The summed E-state index contributed by atoms with van der Waals surface area (Å²) in [6.07, 6.45) is 2.75. The molecule has 80 valence electrons. The van der Waals surface area contributed by atoms with Crippen molar-refractivity contribution in [3.63, 3.8) is 0 Å². The lowest BCUT2D eigenvalue weighted by atomic mass is 10.2. The highest BCUT2D eigenvalue weighted by atomic mass is 32.2. The highest BCUT2D eigenvalue weighted by molar-refractivity contribution is 7.98. The van der Waals surface area contributed by atoms with Crippen molar-refractivity contribution in [2.45, 2.75) is 6.42 Å². The van der Waals surface area contributed by atoms with Crippen molar-refractivity contribution < 1.29 is 4.79 Å². The predicted molar refractivity (Wildman–Crippen MR) is 67.2 cm³/mol. The number of carbonyl (C=O) groups excluding carboxylic acids is 1. The van der Waals surface area contributed by atoms with E-state index < -0.39 is 0 Å². The molecule has 0 bridgehead atoms. The minimum Gasteiger partial charge on any atom is -0.322 e. The Kier molecular flexibility index (Phi) is 4.98. The summed E-state index contributed by atoms with van der Waals surface area (Å²) >= 11 is 1.71. The maximum absolute atomic E-state index is 11.6. The molecule has 3 heteroatoms. The number of thioether (sulfide) groups is 1. The number of nitrogens with one attached hydrogen (secondary N) is 1. The summed E-state index contributed by atoms with van der Waals surface area (Å²) in [4.78, 5) is 11.6. The molecule has 0 fully saturated rings. The molecular weight excluding hydrogens is 206 g/mol. The van der Waals surface area contributed by atoms with E-state index in [1.165, 1.54) is 0 Å². The van der Waals surface area contributed by atoms with Gasteiger partial charge in [0.05, 0.1) is 0 Å². The van der Waals surface area contributed by atoms with Crippen molar-refractivity contribution in [1.29, 1.82) is 0 Å². The molecule has 1 rings (SSSR count). The number of para-hydroxylation sites is 1. The molecule has 2 nitrogen and oxygen atoms in total. The molecule has 0 aliphatic heterocycles. The standard InChI is InChI=1S/C12H15NOS/c1-10(8-9-15-2)12(14)13-11-6-4-3-5-7-11/h3-7H,1,8-9H2,2H3,(H,13,14). The minimum atomic E-state index is -0.0877. The molecular formula is C12H15NOS. The molecule has 0 unspecified atom stereocenters. The van der Waals surface area contributed by atoms with Gasteiger partial charge in [0.15, 0.2) is 0 Å². The van der Waals surface area contributed by atoms with Gasteiger partial charge < -0.3 is 5.32 Å². The molecule has 0 saturated carbocycles. The smallest absolute Gasteiger partial charge is 0.251 e. The van der Waals surface area contributed by atoms with Crippen molar-refractivity contribution in [3.8, 4) is 0 Å². The van der Waals surface area contributed by atoms with Crippen LogP contribution in [0.4, 0.5) is 5.69 Å². The second-order valence-electron chi connectivity index (χ2n) is 3.17. The van der Waals surface area contributed by atoms with Crippen LogP contribution >= 0.6 is 11.8 Å². The van der Waals surface area contributed by atoms with Gasteiger partial charge in [0.25, 0.3) is 5.91 Å². The largest absolute Gasteiger partial charge is 0.322 e. The van der Waals surface area contributed by atoms with Crippen LogP contribution in [0.1, 0.15) is 6.42 Å². The van der Waals surface area contributed by atoms with E-state index in [9.17, 15) is 4.79 Å². The van der Waals surface area contributed by atoms with Gasteiger partial charge >= 0.3 is 0 Å². The van der Waals surface area contributed by atoms with Crippen molar-refractivity contribution >= 4 is 23.4 Å². The van der Waals surface area contributed by atoms with Crippen molar-refractivity contribution in [1.82, 2.24) is 0 Å². The van der Waals surface area contributed by atoms with Crippen LogP contribution in [0.2, 0.25) is 0 Å². The van der Waals surface area contributed by atoms with Crippen LogP contribution < -0.4 is 5.32 Å². The monoisotopic (exact) mass is 221 g/mol. The number of benzene rings is 1.